The van der Waals surface area contributed by atoms with Crippen LogP contribution in [-0.4, -0.2) is 21.6 Å². The molecular formula is C23H20N4OS3. The number of aromatic nitrogens is 2. The lowest BCUT2D eigenvalue weighted by molar-refractivity contribution is -0.115. The lowest BCUT2D eigenvalue weighted by Gasteiger charge is -2.30. The number of carbonyl (C=O) groups is 1. The third kappa shape index (κ3) is 4.03. The second-order valence-corrected chi connectivity index (χ2v) is 10.6. The van der Waals surface area contributed by atoms with Crippen LogP contribution in [0.1, 0.15) is 32.1 Å². The van der Waals surface area contributed by atoms with E-state index in [-0.39, 0.29) is 11.0 Å². The molecule has 0 aliphatic carbocycles. The van der Waals surface area contributed by atoms with Gasteiger partial charge in [0.2, 0.25) is 5.91 Å². The van der Waals surface area contributed by atoms with Gasteiger partial charge in [-0.3, -0.25) is 4.79 Å². The van der Waals surface area contributed by atoms with Gasteiger partial charge in [0.1, 0.15) is 10.6 Å². The van der Waals surface area contributed by atoms with Crippen molar-refractivity contribution < 1.29 is 4.79 Å². The van der Waals surface area contributed by atoms with Gasteiger partial charge in [-0.25, -0.2) is 9.97 Å². The smallest absolute Gasteiger partial charge is 0.227 e. The third-order valence-corrected chi connectivity index (χ3v) is 8.99. The number of thiophene rings is 1. The van der Waals surface area contributed by atoms with Crippen LogP contribution in [0.15, 0.2) is 65.8 Å². The number of thioether (sulfide) groups is 2. The minimum absolute atomic E-state index is 0.134. The molecule has 2 aromatic heterocycles. The third-order valence-electron chi connectivity index (χ3n) is 5.23. The number of rotatable bonds is 5. The maximum Gasteiger partial charge on any atom is 0.227 e. The molecule has 1 amide bonds. The Bertz CT molecular complexity index is 1240. The number of nitrogens with two attached hydrogens (primary N) is 2. The van der Waals surface area contributed by atoms with Crippen LogP contribution in [0.25, 0.3) is 10.2 Å². The predicted octanol–water partition coefficient (Wildman–Crippen LogP) is 4.97. The van der Waals surface area contributed by atoms with Gasteiger partial charge in [-0.1, -0.05) is 72.4 Å². The Morgan fingerprint density at radius 3 is 2.39 bits per heavy atom. The summed E-state index contributed by atoms with van der Waals surface area (Å²) >= 11 is 4.88. The van der Waals surface area contributed by atoms with Gasteiger partial charge in [0, 0.05) is 10.1 Å². The molecule has 5 rings (SSSR count). The summed E-state index contributed by atoms with van der Waals surface area (Å²) in [5.74, 6) is 0.207. The molecule has 2 aromatic carbocycles. The molecule has 3 heterocycles. The summed E-state index contributed by atoms with van der Waals surface area (Å²) in [6, 6.07) is 21.2. The van der Waals surface area contributed by atoms with Gasteiger partial charge in [-0.15, -0.1) is 23.1 Å². The van der Waals surface area contributed by atoms with Crippen LogP contribution in [0.5, 0.6) is 0 Å². The molecule has 1 aliphatic heterocycles. The van der Waals surface area contributed by atoms with Crippen LogP contribution in [0.4, 0.5) is 5.82 Å². The summed E-state index contributed by atoms with van der Waals surface area (Å²) in [7, 11) is 0. The first kappa shape index (κ1) is 20.4. The van der Waals surface area contributed by atoms with Crippen molar-refractivity contribution in [3.05, 3.63) is 82.2 Å². The molecule has 1 aliphatic rings. The van der Waals surface area contributed by atoms with Crippen molar-refractivity contribution in [2.45, 2.75) is 22.1 Å². The first-order valence-electron chi connectivity index (χ1n) is 9.85. The van der Waals surface area contributed by atoms with Crippen LogP contribution in [0, 0.1) is 0 Å². The van der Waals surface area contributed by atoms with Gasteiger partial charge in [0.05, 0.1) is 16.4 Å². The maximum atomic E-state index is 11.2. The number of primary amides is 1. The molecule has 0 saturated heterocycles. The molecule has 0 unspecified atom stereocenters. The van der Waals surface area contributed by atoms with Gasteiger partial charge < -0.3 is 11.5 Å². The summed E-state index contributed by atoms with van der Waals surface area (Å²) in [5, 5.41) is 1.96. The standard InChI is InChI=1S/C23H20N4OS3/c24-17(28)12-29-23-26-21(25)18-15-11-16(13-7-3-1-4-8-13)30-19(14-9-5-2-6-10-14)20(15)31-22(18)27-23/h1-10,16,19H,11-12H2,(H2,24,28)(H2,25,26,27)/t16-,19+/m0/s1. The molecule has 2 atom stereocenters. The largest absolute Gasteiger partial charge is 0.383 e. The fourth-order valence-corrected chi connectivity index (χ4v) is 7.55. The molecule has 8 heteroatoms. The maximum absolute atomic E-state index is 11.2. The van der Waals surface area contributed by atoms with Gasteiger partial charge in [0.25, 0.3) is 0 Å². The zero-order valence-corrected chi connectivity index (χ0v) is 19.0. The summed E-state index contributed by atoms with van der Waals surface area (Å²) < 4.78 is 0. The van der Waals surface area contributed by atoms with E-state index in [1.54, 1.807) is 11.3 Å². The molecular weight excluding hydrogens is 444 g/mol. The Hall–Kier alpha value is -2.55. The van der Waals surface area contributed by atoms with E-state index < -0.39 is 5.91 Å². The molecule has 0 saturated carbocycles. The highest BCUT2D eigenvalue weighted by Crippen LogP contribution is 2.55. The lowest BCUT2D eigenvalue weighted by atomic mass is 9.98. The number of anilines is 1. The van der Waals surface area contributed by atoms with E-state index in [1.165, 1.54) is 33.3 Å². The Kier molecular flexibility index (Phi) is 5.60. The highest BCUT2D eigenvalue weighted by Gasteiger charge is 2.34. The van der Waals surface area contributed by atoms with Crippen LogP contribution in [0.2, 0.25) is 0 Å². The van der Waals surface area contributed by atoms with Crippen molar-refractivity contribution >= 4 is 56.8 Å². The van der Waals surface area contributed by atoms with Gasteiger partial charge in [-0.05, 0) is 23.1 Å². The summed E-state index contributed by atoms with van der Waals surface area (Å²) in [4.78, 5) is 22.5. The summed E-state index contributed by atoms with van der Waals surface area (Å²) in [6.07, 6.45) is 0.884. The molecule has 0 radical (unpaired) electrons. The number of carbonyl (C=O) groups excluding carboxylic acids is 1. The van der Waals surface area contributed by atoms with Crippen molar-refractivity contribution in [2.24, 2.45) is 5.73 Å². The molecule has 0 fully saturated rings. The minimum atomic E-state index is -0.399. The van der Waals surface area contributed by atoms with Gasteiger partial charge in [0.15, 0.2) is 5.16 Å². The van der Waals surface area contributed by atoms with Crippen molar-refractivity contribution in [1.82, 2.24) is 9.97 Å². The fraction of sp³-hybridized carbons (Fsp3) is 0.174. The number of hydrogen-bond donors (Lipinski definition) is 2. The number of fused-ring (bicyclic) bond motifs is 3. The van der Waals surface area contributed by atoms with Gasteiger partial charge >= 0.3 is 0 Å². The number of nitrogen functional groups attached to an aromatic ring is 1. The Morgan fingerprint density at radius 2 is 1.71 bits per heavy atom. The zero-order chi connectivity index (χ0) is 21.4. The number of hydrogen-bond acceptors (Lipinski definition) is 7. The minimum Gasteiger partial charge on any atom is -0.383 e. The molecule has 156 valence electrons. The zero-order valence-electron chi connectivity index (χ0n) is 16.5. The van der Waals surface area contributed by atoms with E-state index in [0.717, 1.165) is 16.6 Å². The molecule has 4 aromatic rings. The Morgan fingerprint density at radius 1 is 1.03 bits per heavy atom. The number of benzene rings is 2. The monoisotopic (exact) mass is 464 g/mol. The number of amides is 1. The highest BCUT2D eigenvalue weighted by molar-refractivity contribution is 8.00. The van der Waals surface area contributed by atoms with Crippen molar-refractivity contribution in [3.63, 3.8) is 0 Å². The quantitative estimate of drug-likeness (QED) is 0.320. The molecule has 31 heavy (non-hydrogen) atoms. The predicted molar refractivity (Wildman–Crippen MR) is 131 cm³/mol. The van der Waals surface area contributed by atoms with E-state index in [9.17, 15) is 4.79 Å². The molecule has 5 nitrogen and oxygen atoms in total. The molecule has 0 spiro atoms. The van der Waals surface area contributed by atoms with Crippen molar-refractivity contribution in [2.75, 3.05) is 11.5 Å². The average molecular weight is 465 g/mol. The lowest BCUT2D eigenvalue weighted by Crippen LogP contribution is -2.13. The summed E-state index contributed by atoms with van der Waals surface area (Å²) in [5.41, 5.74) is 15.5. The van der Waals surface area contributed by atoms with E-state index in [4.69, 9.17) is 16.5 Å². The van der Waals surface area contributed by atoms with Gasteiger partial charge in [-0.2, -0.15) is 0 Å². The summed E-state index contributed by atoms with van der Waals surface area (Å²) in [6.45, 7) is 0. The van der Waals surface area contributed by atoms with Crippen molar-refractivity contribution in [1.29, 1.82) is 0 Å². The highest BCUT2D eigenvalue weighted by atomic mass is 32.2. The normalized spacial score (nSPS) is 18.1. The molecule has 4 N–H and O–H groups in total. The first-order chi connectivity index (χ1) is 15.1. The van der Waals surface area contributed by atoms with Crippen LogP contribution in [-0.2, 0) is 11.2 Å². The van der Waals surface area contributed by atoms with Crippen LogP contribution in [0.3, 0.4) is 0 Å². The fourth-order valence-electron chi connectivity index (χ4n) is 3.88. The Balaban J connectivity index is 1.64. The Labute approximate surface area is 192 Å². The van der Waals surface area contributed by atoms with Crippen molar-refractivity contribution in [3.8, 4) is 0 Å². The van der Waals surface area contributed by atoms with E-state index >= 15 is 0 Å². The van der Waals surface area contributed by atoms with Crippen LogP contribution >= 0.6 is 34.9 Å². The second kappa shape index (κ2) is 8.53. The first-order valence-corrected chi connectivity index (χ1v) is 12.6. The SMILES string of the molecule is NC(=O)CSc1nc(N)c2c3c(sc2n1)[C@@H](c1ccccc1)S[C@H](c1ccccc1)C3. The second-order valence-electron chi connectivity index (χ2n) is 7.30. The van der Waals surface area contributed by atoms with E-state index in [2.05, 4.69) is 53.5 Å². The molecule has 0 bridgehead atoms. The van der Waals surface area contributed by atoms with E-state index in [0.29, 0.717) is 16.2 Å². The van der Waals surface area contributed by atoms with E-state index in [1.807, 2.05) is 23.9 Å². The topological polar surface area (TPSA) is 94.9 Å². The van der Waals surface area contributed by atoms with Crippen LogP contribution < -0.4 is 11.5 Å². The number of nitrogens with zero attached hydrogens (tertiary/aromatic N) is 2. The average Bonchev–Trinajstić information content (AvgIpc) is 3.17.